The maximum atomic E-state index is 14.2. The summed E-state index contributed by atoms with van der Waals surface area (Å²) in [6, 6.07) is 3.34. The molecule has 14 heteroatoms. The van der Waals surface area contributed by atoms with Crippen LogP contribution in [0, 0.1) is 5.82 Å². The third kappa shape index (κ3) is 4.39. The lowest BCUT2D eigenvalue weighted by molar-refractivity contribution is 0.0685. The molecule has 2 aliphatic heterocycles. The van der Waals surface area contributed by atoms with E-state index in [1.807, 2.05) is 13.8 Å². The van der Waals surface area contributed by atoms with E-state index in [1.54, 1.807) is 9.47 Å². The first-order valence-electron chi connectivity index (χ1n) is 13.1. The van der Waals surface area contributed by atoms with E-state index in [0.717, 1.165) is 15.1 Å². The van der Waals surface area contributed by atoms with Crippen LogP contribution in [0.5, 0.6) is 5.75 Å². The van der Waals surface area contributed by atoms with Crippen LogP contribution in [0.2, 0.25) is 0 Å². The molecule has 0 unspecified atom stereocenters. The molecule has 2 aliphatic rings. The fraction of sp³-hybridized carbons (Fsp3) is 0.462. The van der Waals surface area contributed by atoms with Crippen LogP contribution < -0.4 is 19.9 Å². The topological polar surface area (TPSA) is 136 Å². The number of rotatable bonds is 2. The number of nitrogens with zero attached hydrogens (tertiary/aromatic N) is 5. The van der Waals surface area contributed by atoms with Gasteiger partial charge in [-0.25, -0.2) is 17.5 Å². The standard InChI is InChI=1S/C26H31FN6O6S/c1-5-31-13-15(2)33-20-19(22(39-4)21(33)26(31)36)25(35)32-14-16-8-9-17(27)12-18(16)24(34)28-10-6-7-11-40(37,38)30(3)23(20)29-32/h8-9,12,15H,5-7,10-11,13-14H2,1-4H3,(H,28,34)/t15-/m0/s1. The van der Waals surface area contributed by atoms with Gasteiger partial charge in [-0.05, 0) is 44.4 Å². The maximum Gasteiger partial charge on any atom is 0.280 e. The van der Waals surface area contributed by atoms with E-state index in [4.69, 9.17) is 4.74 Å². The largest absolute Gasteiger partial charge is 0.493 e. The lowest BCUT2D eigenvalue weighted by atomic mass is 10.1. The minimum Gasteiger partial charge on any atom is -0.493 e. The zero-order valence-electron chi connectivity index (χ0n) is 22.7. The number of amides is 2. The van der Waals surface area contributed by atoms with Crippen LogP contribution in [-0.4, -0.2) is 79.0 Å². The molecular formula is C26H31FN6O6S. The van der Waals surface area contributed by atoms with Crippen molar-refractivity contribution in [1.82, 2.24) is 24.6 Å². The molecule has 3 aromatic rings. The Labute approximate surface area is 230 Å². The summed E-state index contributed by atoms with van der Waals surface area (Å²) in [4.78, 5) is 42.1. The molecule has 0 aliphatic carbocycles. The maximum absolute atomic E-state index is 14.2. The highest BCUT2D eigenvalue weighted by molar-refractivity contribution is 7.92. The Morgan fingerprint density at radius 1 is 1.20 bits per heavy atom. The van der Waals surface area contributed by atoms with E-state index in [1.165, 1.54) is 26.3 Å². The lowest BCUT2D eigenvalue weighted by Crippen LogP contribution is -2.42. The molecule has 0 saturated carbocycles. The van der Waals surface area contributed by atoms with Gasteiger partial charge in [0.15, 0.2) is 17.3 Å². The highest BCUT2D eigenvalue weighted by Crippen LogP contribution is 2.41. The van der Waals surface area contributed by atoms with E-state index in [-0.39, 0.29) is 70.9 Å². The highest BCUT2D eigenvalue weighted by Gasteiger charge is 2.39. The molecule has 0 radical (unpaired) electrons. The minimum atomic E-state index is -3.92. The number of carbonyl (C=O) groups excluding carboxylic acids is 2. The van der Waals surface area contributed by atoms with Crippen LogP contribution >= 0.6 is 0 Å². The van der Waals surface area contributed by atoms with Crippen molar-refractivity contribution in [2.24, 2.45) is 0 Å². The van der Waals surface area contributed by atoms with Crippen LogP contribution in [0.3, 0.4) is 0 Å². The van der Waals surface area contributed by atoms with Crippen LogP contribution in [0.25, 0.3) is 10.9 Å². The smallest absolute Gasteiger partial charge is 0.280 e. The molecule has 40 heavy (non-hydrogen) atoms. The number of anilines is 1. The Balaban J connectivity index is 1.87. The molecule has 1 aromatic carbocycles. The zero-order valence-corrected chi connectivity index (χ0v) is 23.5. The van der Waals surface area contributed by atoms with Crippen molar-refractivity contribution in [3.8, 4) is 5.75 Å². The van der Waals surface area contributed by atoms with Crippen molar-refractivity contribution in [2.75, 3.05) is 43.8 Å². The summed E-state index contributed by atoms with van der Waals surface area (Å²) in [5.41, 5.74) is 0.0282. The van der Waals surface area contributed by atoms with Crippen molar-refractivity contribution in [2.45, 2.75) is 39.3 Å². The fourth-order valence-corrected chi connectivity index (χ4v) is 6.65. The predicted molar refractivity (Wildman–Crippen MR) is 146 cm³/mol. The molecule has 0 spiro atoms. The predicted octanol–water partition coefficient (Wildman–Crippen LogP) is 1.72. The van der Waals surface area contributed by atoms with Crippen molar-refractivity contribution in [1.29, 1.82) is 0 Å². The summed E-state index contributed by atoms with van der Waals surface area (Å²) in [6.45, 7) is 4.44. The summed E-state index contributed by atoms with van der Waals surface area (Å²) in [5, 5.41) is 7.18. The summed E-state index contributed by atoms with van der Waals surface area (Å²) in [7, 11) is -1.21. The molecule has 4 heterocycles. The summed E-state index contributed by atoms with van der Waals surface area (Å²) in [6.07, 6.45) is 0.611. The molecular weight excluding hydrogens is 543 g/mol. The summed E-state index contributed by atoms with van der Waals surface area (Å²) >= 11 is 0. The summed E-state index contributed by atoms with van der Waals surface area (Å²) < 4.78 is 50.4. The number of halogens is 1. The zero-order chi connectivity index (χ0) is 28.9. The van der Waals surface area contributed by atoms with Crippen molar-refractivity contribution in [3.05, 3.63) is 51.2 Å². The van der Waals surface area contributed by atoms with Gasteiger partial charge >= 0.3 is 0 Å². The van der Waals surface area contributed by atoms with E-state index >= 15 is 0 Å². The molecule has 2 amide bonds. The first-order valence-corrected chi connectivity index (χ1v) is 14.7. The van der Waals surface area contributed by atoms with Gasteiger partial charge in [-0.1, -0.05) is 6.07 Å². The number of aromatic nitrogens is 3. The molecule has 0 saturated heterocycles. The Hall–Kier alpha value is -3.94. The van der Waals surface area contributed by atoms with Gasteiger partial charge in [-0.2, -0.15) is 0 Å². The number of likely N-dealkylation sites (N-methyl/N-ethyl adjacent to an activating group) is 1. The number of nitrogens with one attached hydrogen (secondary N) is 1. The van der Waals surface area contributed by atoms with Gasteiger partial charge in [0.05, 0.1) is 19.4 Å². The number of hydrogen-bond acceptors (Lipinski definition) is 7. The molecule has 1 N–H and O–H groups in total. The third-order valence-corrected chi connectivity index (χ3v) is 9.32. The molecule has 214 valence electrons. The second kappa shape index (κ2) is 10.2. The number of sulfonamides is 1. The Morgan fingerprint density at radius 2 is 1.95 bits per heavy atom. The lowest BCUT2D eigenvalue weighted by Gasteiger charge is -2.33. The van der Waals surface area contributed by atoms with E-state index in [0.29, 0.717) is 25.1 Å². The molecule has 12 nitrogen and oxygen atoms in total. The normalized spacial score (nSPS) is 19.6. The van der Waals surface area contributed by atoms with Gasteiger partial charge in [0.1, 0.15) is 16.7 Å². The quantitative estimate of drug-likeness (QED) is 0.492. The van der Waals surface area contributed by atoms with E-state index < -0.39 is 27.3 Å². The van der Waals surface area contributed by atoms with E-state index in [9.17, 15) is 27.2 Å². The Bertz CT molecular complexity index is 1700. The number of fused-ring (bicyclic) bond motifs is 7. The fourth-order valence-electron chi connectivity index (χ4n) is 5.42. The highest BCUT2D eigenvalue weighted by atomic mass is 32.2. The summed E-state index contributed by atoms with van der Waals surface area (Å²) in [5.74, 6) is -1.77. The van der Waals surface area contributed by atoms with Crippen LogP contribution in [0.4, 0.5) is 10.2 Å². The third-order valence-electron chi connectivity index (χ3n) is 7.50. The number of ether oxygens (including phenoxy) is 1. The van der Waals surface area contributed by atoms with Crippen molar-refractivity contribution >= 4 is 38.6 Å². The number of benzene rings is 1. The second-order valence-corrected chi connectivity index (χ2v) is 12.1. The molecule has 2 aromatic heterocycles. The van der Waals surface area contributed by atoms with Gasteiger partial charge < -0.3 is 19.5 Å². The minimum absolute atomic E-state index is 0.00269. The van der Waals surface area contributed by atoms with Gasteiger partial charge in [0.25, 0.3) is 17.4 Å². The van der Waals surface area contributed by atoms with Gasteiger partial charge in [-0.3, -0.25) is 18.7 Å². The van der Waals surface area contributed by atoms with Crippen LogP contribution in [-0.2, 0) is 16.6 Å². The van der Waals surface area contributed by atoms with Crippen molar-refractivity contribution < 1.29 is 27.1 Å². The van der Waals surface area contributed by atoms with Gasteiger partial charge in [-0.15, -0.1) is 5.10 Å². The molecule has 2 bridgehead atoms. The number of carbonyl (C=O) groups is 2. The number of hydrogen-bond donors (Lipinski definition) is 1. The van der Waals surface area contributed by atoms with E-state index in [2.05, 4.69) is 10.4 Å². The Kier molecular flexibility index (Phi) is 7.06. The van der Waals surface area contributed by atoms with Crippen LogP contribution in [0.15, 0.2) is 23.0 Å². The van der Waals surface area contributed by atoms with Crippen LogP contribution in [0.1, 0.15) is 59.1 Å². The van der Waals surface area contributed by atoms with Crippen molar-refractivity contribution in [3.63, 3.8) is 0 Å². The first-order chi connectivity index (χ1) is 19.0. The Morgan fingerprint density at radius 3 is 2.65 bits per heavy atom. The van der Waals surface area contributed by atoms with Gasteiger partial charge in [0.2, 0.25) is 10.0 Å². The average molecular weight is 575 g/mol. The first kappa shape index (κ1) is 27.6. The second-order valence-electron chi connectivity index (χ2n) is 10.0. The SMILES string of the molecule is CCN1C[C@H](C)n2c(c(OC)c3c(=O)n4nc(c32)N(C)S(=O)(=O)CCCCNC(=O)c2cc(F)ccc2C4)C1=O. The molecule has 0 fully saturated rings. The molecule has 5 rings (SSSR count). The van der Waals surface area contributed by atoms with Gasteiger partial charge in [0, 0.05) is 38.3 Å². The monoisotopic (exact) mass is 574 g/mol. The number of methoxy groups -OCH3 is 1. The molecule has 1 atom stereocenters. The average Bonchev–Trinajstić information content (AvgIpc) is 3.28.